The van der Waals surface area contributed by atoms with E-state index in [-0.39, 0.29) is 18.7 Å². The van der Waals surface area contributed by atoms with Crippen LogP contribution in [-0.2, 0) is 11.2 Å². The normalized spacial score (nSPS) is 22.2. The molecule has 0 saturated carbocycles. The van der Waals surface area contributed by atoms with Gasteiger partial charge in [-0.1, -0.05) is 19.4 Å². The van der Waals surface area contributed by atoms with E-state index in [1.807, 2.05) is 18.3 Å². The van der Waals surface area contributed by atoms with Crippen molar-refractivity contribution in [1.29, 1.82) is 0 Å². The van der Waals surface area contributed by atoms with Crippen molar-refractivity contribution in [1.82, 2.24) is 14.5 Å². The third-order valence-electron chi connectivity index (χ3n) is 5.03. The van der Waals surface area contributed by atoms with Crippen LogP contribution in [0.3, 0.4) is 0 Å². The molecule has 1 aliphatic heterocycles. The van der Waals surface area contributed by atoms with Crippen LogP contribution < -0.4 is 5.69 Å². The third kappa shape index (κ3) is 3.58. The molecule has 8 heteroatoms. The molecule has 2 N–H and O–H groups in total. The quantitative estimate of drug-likeness (QED) is 0.668. The van der Waals surface area contributed by atoms with E-state index in [4.69, 9.17) is 9.15 Å². The van der Waals surface area contributed by atoms with Crippen LogP contribution in [0.5, 0.6) is 0 Å². The number of furan rings is 1. The van der Waals surface area contributed by atoms with Crippen molar-refractivity contribution >= 4 is 11.1 Å². The zero-order valence-electron chi connectivity index (χ0n) is 15.6. The van der Waals surface area contributed by atoms with Gasteiger partial charge in [-0.15, -0.1) is 0 Å². The molecule has 1 fully saturated rings. The molecule has 1 saturated heterocycles. The summed E-state index contributed by atoms with van der Waals surface area (Å²) >= 11 is 0. The highest BCUT2D eigenvalue weighted by atomic mass is 16.5. The van der Waals surface area contributed by atoms with E-state index < -0.39 is 24.1 Å². The van der Waals surface area contributed by atoms with Crippen LogP contribution in [0.25, 0.3) is 22.6 Å². The lowest BCUT2D eigenvalue weighted by Gasteiger charge is -2.13. The maximum absolute atomic E-state index is 12.4. The van der Waals surface area contributed by atoms with E-state index in [2.05, 4.69) is 16.9 Å². The molecule has 4 heterocycles. The van der Waals surface area contributed by atoms with Gasteiger partial charge in [0, 0.05) is 18.8 Å². The third-order valence-corrected chi connectivity index (χ3v) is 5.03. The summed E-state index contributed by atoms with van der Waals surface area (Å²) in [5, 5.41) is 19.8. The number of aromatic nitrogens is 3. The van der Waals surface area contributed by atoms with Gasteiger partial charge in [-0.25, -0.2) is 4.79 Å². The van der Waals surface area contributed by atoms with Gasteiger partial charge in [-0.2, -0.15) is 4.98 Å². The van der Waals surface area contributed by atoms with E-state index in [0.717, 1.165) is 19.3 Å². The van der Waals surface area contributed by atoms with Crippen molar-refractivity contribution in [3.05, 3.63) is 46.6 Å². The minimum atomic E-state index is -0.826. The summed E-state index contributed by atoms with van der Waals surface area (Å²) in [4.78, 5) is 20.8. The Morgan fingerprint density at radius 3 is 2.89 bits per heavy atom. The second-order valence-corrected chi connectivity index (χ2v) is 7.07. The number of hydrogen-bond donors (Lipinski definition) is 2. The number of pyridine rings is 1. The second kappa shape index (κ2) is 7.83. The van der Waals surface area contributed by atoms with Crippen LogP contribution in [0.2, 0.25) is 0 Å². The highest BCUT2D eigenvalue weighted by Crippen LogP contribution is 2.29. The Morgan fingerprint density at radius 2 is 2.21 bits per heavy atom. The minimum absolute atomic E-state index is 0.212. The number of ether oxygens (including phenoxy) is 1. The van der Waals surface area contributed by atoms with Crippen LogP contribution in [-0.4, -0.2) is 43.6 Å². The van der Waals surface area contributed by atoms with Gasteiger partial charge in [0.15, 0.2) is 5.76 Å². The first-order valence-corrected chi connectivity index (χ1v) is 9.51. The summed E-state index contributed by atoms with van der Waals surface area (Å²) in [7, 11) is 0. The van der Waals surface area contributed by atoms with Gasteiger partial charge in [0.1, 0.15) is 18.0 Å². The summed E-state index contributed by atoms with van der Waals surface area (Å²) in [6.45, 7) is 1.85. The smallest absolute Gasteiger partial charge is 0.353 e. The van der Waals surface area contributed by atoms with Gasteiger partial charge in [-0.05, 0) is 30.5 Å². The molecular formula is C20H23N3O5. The molecule has 8 nitrogen and oxygen atoms in total. The highest BCUT2D eigenvalue weighted by Gasteiger charge is 2.35. The predicted molar refractivity (Wildman–Crippen MR) is 102 cm³/mol. The number of hydrogen-bond acceptors (Lipinski definition) is 7. The largest absolute Gasteiger partial charge is 0.436 e. The molecule has 1 aliphatic rings. The summed E-state index contributed by atoms with van der Waals surface area (Å²) in [5.41, 5.74) is 1.54. The zero-order valence-corrected chi connectivity index (χ0v) is 15.6. The first kappa shape index (κ1) is 18.8. The number of nitrogens with zero attached hydrogens (tertiary/aromatic N) is 3. The molecule has 148 valence electrons. The molecule has 3 aromatic heterocycles. The van der Waals surface area contributed by atoms with Crippen molar-refractivity contribution in [3.63, 3.8) is 0 Å². The molecular weight excluding hydrogens is 362 g/mol. The molecule has 0 radical (unpaired) electrons. The average Bonchev–Trinajstić information content (AvgIpc) is 3.28. The first-order valence-electron chi connectivity index (χ1n) is 9.51. The molecule has 0 aromatic carbocycles. The number of rotatable bonds is 6. The van der Waals surface area contributed by atoms with Crippen LogP contribution in [0.15, 0.2) is 39.8 Å². The van der Waals surface area contributed by atoms with Crippen molar-refractivity contribution in [3.8, 4) is 11.5 Å². The maximum Gasteiger partial charge on any atom is 0.353 e. The van der Waals surface area contributed by atoms with Crippen LogP contribution in [0, 0.1) is 0 Å². The maximum atomic E-state index is 12.4. The molecule has 3 aromatic rings. The zero-order chi connectivity index (χ0) is 19.7. The Bertz CT molecular complexity index is 1010. The average molecular weight is 385 g/mol. The monoisotopic (exact) mass is 385 g/mol. The molecule has 3 atom stereocenters. The summed E-state index contributed by atoms with van der Waals surface area (Å²) < 4.78 is 12.6. The standard InChI is InChI=1S/C20H23N3O5/c1-2-3-4-12-5-6-14(21-9-12)16-7-13-10-23(20(26)22-19(13)28-16)18-8-15(25)17(11-24)27-18/h5-7,9-10,15,17-18,24-25H,2-4,8,11H2,1H3/t15-,17+,18+/m0/s1. The topological polar surface area (TPSA) is 111 Å². The molecule has 0 spiro atoms. The fraction of sp³-hybridized carbons (Fsp3) is 0.450. The van der Waals surface area contributed by atoms with Gasteiger partial charge < -0.3 is 19.4 Å². The summed E-state index contributed by atoms with van der Waals surface area (Å²) in [5.74, 6) is 0.530. The lowest BCUT2D eigenvalue weighted by atomic mass is 10.1. The van der Waals surface area contributed by atoms with Gasteiger partial charge >= 0.3 is 5.69 Å². The summed E-state index contributed by atoms with van der Waals surface area (Å²) in [6.07, 6.45) is 4.70. The van der Waals surface area contributed by atoms with E-state index in [0.29, 0.717) is 16.8 Å². The van der Waals surface area contributed by atoms with E-state index in [1.54, 1.807) is 12.3 Å². The van der Waals surface area contributed by atoms with Crippen molar-refractivity contribution in [2.75, 3.05) is 6.61 Å². The van der Waals surface area contributed by atoms with Gasteiger partial charge in [0.2, 0.25) is 5.71 Å². The van der Waals surface area contributed by atoms with Crippen molar-refractivity contribution < 1.29 is 19.4 Å². The number of fused-ring (bicyclic) bond motifs is 1. The Labute approximate surface area is 161 Å². The number of aryl methyl sites for hydroxylation is 1. The van der Waals surface area contributed by atoms with Crippen molar-refractivity contribution in [2.45, 2.75) is 51.0 Å². The van der Waals surface area contributed by atoms with E-state index >= 15 is 0 Å². The molecule has 0 bridgehead atoms. The van der Waals surface area contributed by atoms with Crippen LogP contribution in [0.4, 0.5) is 0 Å². The lowest BCUT2D eigenvalue weighted by molar-refractivity contribution is -0.0457. The van der Waals surface area contributed by atoms with Crippen LogP contribution >= 0.6 is 0 Å². The fourth-order valence-corrected chi connectivity index (χ4v) is 3.41. The number of aliphatic hydroxyl groups excluding tert-OH is 2. The minimum Gasteiger partial charge on any atom is -0.436 e. The van der Waals surface area contributed by atoms with Crippen molar-refractivity contribution in [2.24, 2.45) is 0 Å². The lowest BCUT2D eigenvalue weighted by Crippen LogP contribution is -2.27. The number of aliphatic hydroxyl groups is 2. The fourth-order valence-electron chi connectivity index (χ4n) is 3.41. The number of unbranched alkanes of at least 4 members (excludes halogenated alkanes) is 1. The molecule has 28 heavy (non-hydrogen) atoms. The molecule has 0 amide bonds. The van der Waals surface area contributed by atoms with Gasteiger partial charge in [0.05, 0.1) is 18.1 Å². The SMILES string of the molecule is CCCCc1ccc(-c2cc3cn([C@H]4C[C@H](O)[C@@H](CO)O4)c(=O)nc3o2)nc1. The summed E-state index contributed by atoms with van der Waals surface area (Å²) in [6, 6.07) is 5.71. The molecule has 0 unspecified atom stereocenters. The first-order chi connectivity index (χ1) is 13.6. The van der Waals surface area contributed by atoms with E-state index in [9.17, 15) is 15.0 Å². The Hall–Kier alpha value is -2.55. The predicted octanol–water partition coefficient (Wildman–Crippen LogP) is 2.03. The van der Waals surface area contributed by atoms with Gasteiger partial charge in [0.25, 0.3) is 0 Å². The molecule has 4 rings (SSSR count). The van der Waals surface area contributed by atoms with Crippen LogP contribution in [0.1, 0.15) is 38.0 Å². The highest BCUT2D eigenvalue weighted by molar-refractivity contribution is 5.78. The Balaban J connectivity index is 1.62. The Morgan fingerprint density at radius 1 is 1.36 bits per heavy atom. The second-order valence-electron chi connectivity index (χ2n) is 7.07. The Kier molecular flexibility index (Phi) is 5.25. The molecule has 0 aliphatic carbocycles. The van der Waals surface area contributed by atoms with Gasteiger partial charge in [-0.3, -0.25) is 9.55 Å². The van der Waals surface area contributed by atoms with E-state index in [1.165, 1.54) is 10.1 Å².